The summed E-state index contributed by atoms with van der Waals surface area (Å²) in [5.41, 5.74) is 1.41. The molecule has 0 bridgehead atoms. The molecule has 5 heteroatoms. The Hall–Kier alpha value is -2.56. The van der Waals surface area contributed by atoms with Crippen LogP contribution in [0.5, 0.6) is 0 Å². The summed E-state index contributed by atoms with van der Waals surface area (Å²) >= 11 is 0. The number of aryl methyl sites for hydroxylation is 1. The van der Waals surface area contributed by atoms with Crippen molar-refractivity contribution in [3.8, 4) is 0 Å². The van der Waals surface area contributed by atoms with E-state index in [2.05, 4.69) is 0 Å². The summed E-state index contributed by atoms with van der Waals surface area (Å²) in [6.45, 7) is 0.200. The highest BCUT2D eigenvalue weighted by molar-refractivity contribution is 5.99. The fourth-order valence-corrected chi connectivity index (χ4v) is 2.67. The average molecular weight is 285 g/mol. The topological polar surface area (TPSA) is 70.8 Å². The molecule has 3 rings (SSSR count). The van der Waals surface area contributed by atoms with Gasteiger partial charge in [0, 0.05) is 25.1 Å². The third kappa shape index (κ3) is 2.54. The van der Waals surface area contributed by atoms with Gasteiger partial charge in [-0.1, -0.05) is 18.2 Å². The zero-order valence-corrected chi connectivity index (χ0v) is 11.4. The minimum absolute atomic E-state index is 0.0809. The summed E-state index contributed by atoms with van der Waals surface area (Å²) in [6.07, 6.45) is 2.39. The fraction of sp³-hybridized carbons (Fsp3) is 0.250. The predicted octanol–water partition coefficient (Wildman–Crippen LogP) is 2.43. The van der Waals surface area contributed by atoms with Crippen molar-refractivity contribution in [2.75, 3.05) is 11.4 Å². The van der Waals surface area contributed by atoms with Crippen molar-refractivity contribution in [2.45, 2.75) is 18.8 Å². The Labute approximate surface area is 121 Å². The SMILES string of the molecule is O=C(O)[C@@H]1CN(C(=O)CCc2ccco2)c2ccccc21. The highest BCUT2D eigenvalue weighted by atomic mass is 16.4. The highest BCUT2D eigenvalue weighted by Crippen LogP contribution is 2.36. The van der Waals surface area contributed by atoms with Crippen molar-refractivity contribution >= 4 is 17.6 Å². The van der Waals surface area contributed by atoms with Crippen LogP contribution >= 0.6 is 0 Å². The van der Waals surface area contributed by atoms with Gasteiger partial charge in [-0.05, 0) is 23.8 Å². The van der Waals surface area contributed by atoms with Crippen molar-refractivity contribution in [1.82, 2.24) is 0 Å². The number of hydrogen-bond donors (Lipinski definition) is 1. The maximum absolute atomic E-state index is 12.4. The number of carboxylic acid groups (broad SMARTS) is 1. The summed E-state index contributed by atoms with van der Waals surface area (Å²) in [5, 5.41) is 9.29. The smallest absolute Gasteiger partial charge is 0.312 e. The van der Waals surface area contributed by atoms with Gasteiger partial charge in [0.2, 0.25) is 5.91 Å². The van der Waals surface area contributed by atoms with E-state index < -0.39 is 11.9 Å². The van der Waals surface area contributed by atoms with E-state index in [4.69, 9.17) is 4.42 Å². The Balaban J connectivity index is 1.76. The van der Waals surface area contributed by atoms with Gasteiger partial charge in [0.1, 0.15) is 11.7 Å². The first-order chi connectivity index (χ1) is 10.2. The van der Waals surface area contributed by atoms with Gasteiger partial charge in [-0.15, -0.1) is 0 Å². The number of nitrogens with zero attached hydrogens (tertiary/aromatic N) is 1. The Bertz CT molecular complexity index is 663. The molecule has 2 aromatic rings. The summed E-state index contributed by atoms with van der Waals surface area (Å²) in [4.78, 5) is 25.3. The lowest BCUT2D eigenvalue weighted by molar-refractivity contribution is -0.138. The molecule has 5 nitrogen and oxygen atoms in total. The van der Waals surface area contributed by atoms with Gasteiger partial charge in [-0.2, -0.15) is 0 Å². The standard InChI is InChI=1S/C16H15NO4/c18-15(8-7-11-4-3-9-21-11)17-10-13(16(19)20)12-5-1-2-6-14(12)17/h1-6,9,13H,7-8,10H2,(H,19,20)/t13-/m1/s1. The Morgan fingerprint density at radius 2 is 2.05 bits per heavy atom. The quantitative estimate of drug-likeness (QED) is 0.936. The Kier molecular flexibility index (Phi) is 3.48. The largest absolute Gasteiger partial charge is 0.481 e. The van der Waals surface area contributed by atoms with E-state index in [0.29, 0.717) is 24.1 Å². The van der Waals surface area contributed by atoms with Crippen LogP contribution in [0.3, 0.4) is 0 Å². The molecule has 0 saturated heterocycles. The number of benzene rings is 1. The van der Waals surface area contributed by atoms with Crippen molar-refractivity contribution in [3.05, 3.63) is 54.0 Å². The second-order valence-corrected chi connectivity index (χ2v) is 5.03. The molecular formula is C16H15NO4. The third-order valence-electron chi connectivity index (χ3n) is 3.73. The minimum atomic E-state index is -0.899. The van der Waals surface area contributed by atoms with E-state index >= 15 is 0 Å². The lowest BCUT2D eigenvalue weighted by atomic mass is 10.0. The first kappa shape index (κ1) is 13.4. The highest BCUT2D eigenvalue weighted by Gasteiger charge is 2.35. The molecule has 0 spiro atoms. The number of amides is 1. The molecule has 0 radical (unpaired) electrons. The van der Waals surface area contributed by atoms with E-state index in [1.54, 1.807) is 35.4 Å². The van der Waals surface area contributed by atoms with Crippen LogP contribution in [0.1, 0.15) is 23.7 Å². The molecule has 21 heavy (non-hydrogen) atoms. The Morgan fingerprint density at radius 1 is 1.24 bits per heavy atom. The molecule has 1 atom stereocenters. The number of aliphatic carboxylic acids is 1. The molecule has 0 fully saturated rings. The van der Waals surface area contributed by atoms with Crippen LogP contribution in [0, 0.1) is 0 Å². The number of carboxylic acids is 1. The zero-order valence-electron chi connectivity index (χ0n) is 11.4. The van der Waals surface area contributed by atoms with E-state index in [1.165, 1.54) is 0 Å². The van der Waals surface area contributed by atoms with Gasteiger partial charge in [0.15, 0.2) is 0 Å². The van der Waals surface area contributed by atoms with E-state index in [9.17, 15) is 14.7 Å². The second kappa shape index (κ2) is 5.44. The van der Waals surface area contributed by atoms with Crippen LogP contribution in [0.4, 0.5) is 5.69 Å². The number of furan rings is 1. The average Bonchev–Trinajstić information content (AvgIpc) is 3.12. The predicted molar refractivity (Wildman–Crippen MR) is 76.2 cm³/mol. The van der Waals surface area contributed by atoms with Crippen LogP contribution in [-0.4, -0.2) is 23.5 Å². The van der Waals surface area contributed by atoms with Crippen LogP contribution in [0.25, 0.3) is 0 Å². The molecule has 1 aromatic heterocycles. The van der Waals surface area contributed by atoms with E-state index in [-0.39, 0.29) is 12.5 Å². The van der Waals surface area contributed by atoms with Crippen molar-refractivity contribution in [1.29, 1.82) is 0 Å². The van der Waals surface area contributed by atoms with Crippen molar-refractivity contribution < 1.29 is 19.1 Å². The maximum atomic E-state index is 12.4. The van der Waals surface area contributed by atoms with Gasteiger partial charge < -0.3 is 14.4 Å². The first-order valence-electron chi connectivity index (χ1n) is 6.81. The first-order valence-corrected chi connectivity index (χ1v) is 6.81. The van der Waals surface area contributed by atoms with Crippen LogP contribution in [0.2, 0.25) is 0 Å². The lowest BCUT2D eigenvalue weighted by Gasteiger charge is -2.17. The summed E-state index contributed by atoms with van der Waals surface area (Å²) in [5.74, 6) is -0.870. The van der Waals surface area contributed by atoms with Gasteiger partial charge in [0.05, 0.1) is 6.26 Å². The minimum Gasteiger partial charge on any atom is -0.481 e. The number of carbonyl (C=O) groups excluding carboxylic acids is 1. The van der Waals surface area contributed by atoms with Crippen molar-refractivity contribution in [3.63, 3.8) is 0 Å². The lowest BCUT2D eigenvalue weighted by Crippen LogP contribution is -2.31. The van der Waals surface area contributed by atoms with Crippen LogP contribution in [0.15, 0.2) is 47.1 Å². The zero-order chi connectivity index (χ0) is 14.8. The number of para-hydroxylation sites is 1. The molecular weight excluding hydrogens is 270 g/mol. The third-order valence-corrected chi connectivity index (χ3v) is 3.73. The normalized spacial score (nSPS) is 16.8. The molecule has 108 valence electrons. The molecule has 1 aliphatic heterocycles. The van der Waals surface area contributed by atoms with Gasteiger partial charge >= 0.3 is 5.97 Å². The maximum Gasteiger partial charge on any atom is 0.312 e. The molecule has 1 N–H and O–H groups in total. The van der Waals surface area contributed by atoms with Crippen molar-refractivity contribution in [2.24, 2.45) is 0 Å². The molecule has 2 heterocycles. The molecule has 0 unspecified atom stereocenters. The molecule has 0 saturated carbocycles. The molecule has 1 aliphatic rings. The second-order valence-electron chi connectivity index (χ2n) is 5.03. The molecule has 1 amide bonds. The van der Waals surface area contributed by atoms with Gasteiger partial charge in [-0.3, -0.25) is 9.59 Å². The van der Waals surface area contributed by atoms with Gasteiger partial charge in [-0.25, -0.2) is 0 Å². The fourth-order valence-electron chi connectivity index (χ4n) is 2.67. The van der Waals surface area contributed by atoms with E-state index in [1.807, 2.05) is 12.1 Å². The van der Waals surface area contributed by atoms with Crippen LogP contribution < -0.4 is 4.90 Å². The van der Waals surface area contributed by atoms with E-state index in [0.717, 1.165) is 5.76 Å². The summed E-state index contributed by atoms with van der Waals surface area (Å²) in [7, 11) is 0. The number of anilines is 1. The van der Waals surface area contributed by atoms with Gasteiger partial charge in [0.25, 0.3) is 0 Å². The summed E-state index contributed by atoms with van der Waals surface area (Å²) in [6, 6.07) is 10.8. The number of carbonyl (C=O) groups is 2. The monoisotopic (exact) mass is 285 g/mol. The molecule has 0 aliphatic carbocycles. The Morgan fingerprint density at radius 3 is 2.76 bits per heavy atom. The molecule has 1 aromatic carbocycles. The number of hydrogen-bond acceptors (Lipinski definition) is 3. The summed E-state index contributed by atoms with van der Waals surface area (Å²) < 4.78 is 5.21. The van der Waals surface area contributed by atoms with Crippen LogP contribution in [-0.2, 0) is 16.0 Å². The number of fused-ring (bicyclic) bond motifs is 1. The number of rotatable bonds is 4.